The van der Waals surface area contributed by atoms with E-state index in [4.69, 9.17) is 8.83 Å². The van der Waals surface area contributed by atoms with Gasteiger partial charge in [-0.2, -0.15) is 0 Å². The van der Waals surface area contributed by atoms with Crippen molar-refractivity contribution < 1.29 is 8.83 Å². The first-order valence-electron chi connectivity index (χ1n) is 18.4. The van der Waals surface area contributed by atoms with Crippen LogP contribution in [-0.2, 0) is 5.41 Å². The van der Waals surface area contributed by atoms with Crippen LogP contribution in [-0.4, -0.2) is 0 Å². The Kier molecular flexibility index (Phi) is 6.74. The lowest BCUT2D eigenvalue weighted by Crippen LogP contribution is -2.27. The standard InChI is InChI=1S/C49H35NO2S/c1-49(40-18-11-17-37-36-15-7-10-21-44(36)53-48(37)40)28-26-34(27-29-49)50(33-24-22-32(23-25-33)31-12-3-2-4-13-31)46-45-38-16-6-9-20-42(38)51-43(45)30-39-35-14-5-8-19-41(35)52-47(39)46/h2-22,24-28,30,32H,23,29H2,1H3. The molecule has 6 aromatic carbocycles. The highest BCUT2D eigenvalue weighted by molar-refractivity contribution is 7.26. The molecule has 0 spiro atoms. The minimum atomic E-state index is -0.173. The van der Waals surface area contributed by atoms with E-state index >= 15 is 0 Å². The van der Waals surface area contributed by atoms with Crippen LogP contribution in [0.15, 0.2) is 184 Å². The third kappa shape index (κ3) is 4.72. The third-order valence-corrected chi connectivity index (χ3v) is 12.6. The number of anilines is 1. The van der Waals surface area contributed by atoms with E-state index in [0.29, 0.717) is 5.92 Å². The number of fused-ring (bicyclic) bond motifs is 9. The van der Waals surface area contributed by atoms with E-state index < -0.39 is 0 Å². The Balaban J connectivity index is 1.11. The molecule has 9 aromatic rings. The molecule has 0 radical (unpaired) electrons. The zero-order valence-electron chi connectivity index (χ0n) is 29.3. The largest absolute Gasteiger partial charge is 0.456 e. The highest BCUT2D eigenvalue weighted by Gasteiger charge is 2.32. The molecule has 0 bridgehead atoms. The van der Waals surface area contributed by atoms with Gasteiger partial charge in [-0.3, -0.25) is 0 Å². The average molecular weight is 702 g/mol. The highest BCUT2D eigenvalue weighted by atomic mass is 32.1. The summed E-state index contributed by atoms with van der Waals surface area (Å²) >= 11 is 1.91. The molecule has 53 heavy (non-hydrogen) atoms. The van der Waals surface area contributed by atoms with Gasteiger partial charge in [0.05, 0.1) is 5.39 Å². The first kappa shape index (κ1) is 30.5. The first-order valence-corrected chi connectivity index (χ1v) is 19.2. The van der Waals surface area contributed by atoms with E-state index in [1.807, 2.05) is 23.5 Å². The van der Waals surface area contributed by atoms with Crippen molar-refractivity contribution in [2.24, 2.45) is 0 Å². The topological polar surface area (TPSA) is 29.5 Å². The molecule has 3 heterocycles. The number of rotatable bonds is 5. The van der Waals surface area contributed by atoms with E-state index in [9.17, 15) is 0 Å². The summed E-state index contributed by atoms with van der Waals surface area (Å²) < 4.78 is 16.2. The van der Waals surface area contributed by atoms with E-state index in [2.05, 4.69) is 164 Å². The van der Waals surface area contributed by atoms with Gasteiger partial charge in [0.2, 0.25) is 0 Å². The minimum Gasteiger partial charge on any atom is -0.456 e. The number of nitrogens with zero attached hydrogens (tertiary/aromatic N) is 1. The number of para-hydroxylation sites is 2. The minimum absolute atomic E-state index is 0.173. The lowest BCUT2D eigenvalue weighted by Gasteiger charge is -2.35. The summed E-state index contributed by atoms with van der Waals surface area (Å²) in [6.45, 7) is 2.38. The lowest BCUT2D eigenvalue weighted by molar-refractivity contribution is 0.601. The van der Waals surface area contributed by atoms with Gasteiger partial charge >= 0.3 is 0 Å². The van der Waals surface area contributed by atoms with E-state index in [1.165, 1.54) is 31.3 Å². The Morgan fingerprint density at radius 2 is 1.36 bits per heavy atom. The Hall–Kier alpha value is -6.10. The zero-order chi connectivity index (χ0) is 35.1. The molecule has 2 atom stereocenters. The number of allylic oxidation sites excluding steroid dienone is 6. The number of benzene rings is 6. The van der Waals surface area contributed by atoms with Crippen LogP contribution in [0.1, 0.15) is 36.8 Å². The van der Waals surface area contributed by atoms with E-state index in [1.54, 1.807) is 0 Å². The van der Waals surface area contributed by atoms with Crippen LogP contribution >= 0.6 is 11.3 Å². The number of thiophene rings is 1. The number of furan rings is 2. The second kappa shape index (κ2) is 11.7. The number of hydrogen-bond acceptors (Lipinski definition) is 4. The Morgan fingerprint density at radius 3 is 2.15 bits per heavy atom. The molecule has 0 fully saturated rings. The van der Waals surface area contributed by atoms with E-state index in [-0.39, 0.29) is 5.41 Å². The van der Waals surface area contributed by atoms with Gasteiger partial charge in [0.1, 0.15) is 22.4 Å². The van der Waals surface area contributed by atoms with Gasteiger partial charge in [-0.1, -0.05) is 134 Å². The van der Waals surface area contributed by atoms with Gasteiger partial charge in [-0.15, -0.1) is 11.3 Å². The molecule has 3 nitrogen and oxygen atoms in total. The van der Waals surface area contributed by atoms with E-state index in [0.717, 1.165) is 73.8 Å². The molecule has 2 unspecified atom stereocenters. The van der Waals surface area contributed by atoms with Crippen LogP contribution in [0.4, 0.5) is 5.69 Å². The fourth-order valence-electron chi connectivity index (χ4n) is 8.67. The monoisotopic (exact) mass is 701 g/mol. The van der Waals surface area contributed by atoms with Gasteiger partial charge in [0.25, 0.3) is 0 Å². The normalized spacial score (nSPS) is 18.8. The molecule has 4 heteroatoms. The van der Waals surface area contributed by atoms with Crippen LogP contribution in [0.2, 0.25) is 0 Å². The summed E-state index contributed by atoms with van der Waals surface area (Å²) in [6, 6.07) is 45.3. The fraction of sp³-hybridized carbons (Fsp3) is 0.102. The number of hydrogen-bond donors (Lipinski definition) is 0. The van der Waals surface area contributed by atoms with Gasteiger partial charge in [0.15, 0.2) is 5.58 Å². The lowest BCUT2D eigenvalue weighted by atomic mass is 9.76. The molecular formula is C49H35NO2S. The molecule has 254 valence electrons. The second-order valence-corrected chi connectivity index (χ2v) is 15.7. The smallest absolute Gasteiger partial charge is 0.160 e. The van der Waals surface area contributed by atoms with Crippen molar-refractivity contribution in [3.05, 3.63) is 186 Å². The molecule has 2 aliphatic carbocycles. The van der Waals surface area contributed by atoms with Gasteiger partial charge < -0.3 is 13.7 Å². The van der Waals surface area contributed by atoms with Crippen molar-refractivity contribution in [1.29, 1.82) is 0 Å². The maximum atomic E-state index is 6.87. The van der Waals surface area contributed by atoms with Crippen molar-refractivity contribution in [1.82, 2.24) is 0 Å². The average Bonchev–Trinajstić information content (AvgIpc) is 3.90. The molecule has 0 amide bonds. The Morgan fingerprint density at radius 1 is 0.642 bits per heavy atom. The van der Waals surface area contributed by atoms with Crippen LogP contribution in [0.25, 0.3) is 64.0 Å². The van der Waals surface area contributed by atoms with Crippen LogP contribution in [0, 0.1) is 0 Å². The summed E-state index contributed by atoms with van der Waals surface area (Å²) in [5.41, 5.74) is 9.26. The molecule has 3 aromatic heterocycles. The summed E-state index contributed by atoms with van der Waals surface area (Å²) in [4.78, 5) is 2.43. The van der Waals surface area contributed by atoms with Crippen molar-refractivity contribution in [3.63, 3.8) is 0 Å². The van der Waals surface area contributed by atoms with Crippen molar-refractivity contribution in [2.75, 3.05) is 4.90 Å². The second-order valence-electron chi connectivity index (χ2n) is 14.6. The fourth-order valence-corrected chi connectivity index (χ4v) is 10.0. The molecule has 2 aliphatic rings. The predicted octanol–water partition coefficient (Wildman–Crippen LogP) is 14.1. The van der Waals surface area contributed by atoms with Gasteiger partial charge in [0, 0.05) is 59.1 Å². The molecule has 0 saturated heterocycles. The Labute approximate surface area is 311 Å². The Bertz CT molecular complexity index is 3040. The van der Waals surface area contributed by atoms with Crippen LogP contribution in [0.5, 0.6) is 0 Å². The summed E-state index contributed by atoms with van der Waals surface area (Å²) in [6.07, 6.45) is 16.0. The quantitative estimate of drug-likeness (QED) is 0.179. The summed E-state index contributed by atoms with van der Waals surface area (Å²) in [5, 5.41) is 6.95. The van der Waals surface area contributed by atoms with Crippen molar-refractivity contribution in [2.45, 2.75) is 31.1 Å². The van der Waals surface area contributed by atoms with Crippen molar-refractivity contribution in [3.8, 4) is 0 Å². The SMILES string of the molecule is CC1(c2cccc3c2sc2ccccc23)C=CC(N(C2=CCC(c3ccccc3)C=C2)c2c3oc4ccccc4c3cc3oc4ccccc4c23)=CC1. The maximum absolute atomic E-state index is 6.87. The highest BCUT2D eigenvalue weighted by Crippen LogP contribution is 2.49. The summed E-state index contributed by atoms with van der Waals surface area (Å²) in [7, 11) is 0. The maximum Gasteiger partial charge on any atom is 0.160 e. The molecule has 11 rings (SSSR count). The van der Waals surface area contributed by atoms with Crippen LogP contribution < -0.4 is 4.90 Å². The predicted molar refractivity (Wildman–Crippen MR) is 223 cm³/mol. The third-order valence-electron chi connectivity index (χ3n) is 11.4. The van der Waals surface area contributed by atoms with Gasteiger partial charge in [-0.05, 0) is 60.4 Å². The molecule has 0 N–H and O–H groups in total. The zero-order valence-corrected chi connectivity index (χ0v) is 30.1. The van der Waals surface area contributed by atoms with Gasteiger partial charge in [-0.25, -0.2) is 0 Å². The first-order chi connectivity index (χ1) is 26.1. The molecule has 0 aliphatic heterocycles. The molecular weight excluding hydrogens is 667 g/mol. The van der Waals surface area contributed by atoms with Crippen molar-refractivity contribution >= 4 is 81.1 Å². The summed E-state index contributed by atoms with van der Waals surface area (Å²) in [5.74, 6) is 0.319. The van der Waals surface area contributed by atoms with Crippen LogP contribution in [0.3, 0.4) is 0 Å². The molecule has 0 saturated carbocycles.